The summed E-state index contributed by atoms with van der Waals surface area (Å²) in [5.74, 6) is -7.97. The van der Waals surface area contributed by atoms with Crippen molar-refractivity contribution in [1.82, 2.24) is 4.90 Å². The number of carboxylic acids is 1. The third kappa shape index (κ3) is 2.12. The number of hydrogen-bond acceptors (Lipinski definition) is 3. The van der Waals surface area contributed by atoms with E-state index in [1.807, 2.05) is 0 Å². The number of nitrogens with two attached hydrogens (primary N) is 1. The molecule has 1 heterocycles. The zero-order valence-corrected chi connectivity index (χ0v) is 13.4. The van der Waals surface area contributed by atoms with Crippen LogP contribution in [0.25, 0.3) is 0 Å². The van der Waals surface area contributed by atoms with Crippen LogP contribution in [0.4, 0.5) is 8.78 Å². The molecular weight excluding hydrogens is 306 g/mol. The highest BCUT2D eigenvalue weighted by Gasteiger charge is 2.70. The lowest BCUT2D eigenvalue weighted by Crippen LogP contribution is -2.55. The van der Waals surface area contributed by atoms with E-state index in [9.17, 15) is 23.5 Å². The highest BCUT2D eigenvalue weighted by molar-refractivity contribution is 5.88. The van der Waals surface area contributed by atoms with Crippen LogP contribution in [0.2, 0.25) is 0 Å². The molecule has 1 saturated carbocycles. The topological polar surface area (TPSA) is 83.6 Å². The molecule has 3 rings (SSSR count). The fourth-order valence-electron chi connectivity index (χ4n) is 4.33. The summed E-state index contributed by atoms with van der Waals surface area (Å²) >= 11 is 0. The van der Waals surface area contributed by atoms with Crippen molar-refractivity contribution in [3.63, 3.8) is 0 Å². The van der Waals surface area contributed by atoms with E-state index >= 15 is 0 Å². The first-order valence-electron chi connectivity index (χ1n) is 7.83. The van der Waals surface area contributed by atoms with Crippen LogP contribution >= 0.6 is 0 Å². The number of carbonyl (C=O) groups is 2. The highest BCUT2D eigenvalue weighted by atomic mass is 19.3. The van der Waals surface area contributed by atoms with Gasteiger partial charge in [-0.05, 0) is 11.3 Å². The maximum atomic E-state index is 14.2. The highest BCUT2D eigenvalue weighted by Crippen LogP contribution is 2.61. The molecule has 2 fully saturated rings. The van der Waals surface area contributed by atoms with Gasteiger partial charge in [-0.2, -0.15) is 0 Å². The molecule has 0 unspecified atom stereocenters. The maximum Gasteiger partial charge on any atom is 0.326 e. The standard InChI is InChI=1S/C16H22F2N2O3/c1-15(2,3)12(19)13(21)20-6-7-8-4-5-9(16(8,17)18)10(7)11(20)14(22)23/h4-5,7-12H,6,19H2,1-3H3,(H,22,23)/t7-,8+,9-,10-,11+,12-/m1/s1. The predicted octanol–water partition coefficient (Wildman–Crippen LogP) is 1.34. The van der Waals surface area contributed by atoms with E-state index in [1.165, 1.54) is 17.1 Å². The van der Waals surface area contributed by atoms with Crippen LogP contribution < -0.4 is 5.73 Å². The zero-order chi connectivity index (χ0) is 17.3. The fraction of sp³-hybridized carbons (Fsp3) is 0.750. The third-order valence-corrected chi connectivity index (χ3v) is 5.63. The fourth-order valence-corrected chi connectivity index (χ4v) is 4.33. The molecule has 0 spiro atoms. The second-order valence-corrected chi connectivity index (χ2v) is 7.97. The van der Waals surface area contributed by atoms with Crippen LogP contribution in [0, 0.1) is 29.1 Å². The summed E-state index contributed by atoms with van der Waals surface area (Å²) in [6.45, 7) is 5.41. The minimum Gasteiger partial charge on any atom is -0.480 e. The molecule has 7 heteroatoms. The predicted molar refractivity (Wildman–Crippen MR) is 78.6 cm³/mol. The minimum absolute atomic E-state index is 0.0331. The Morgan fingerprint density at radius 2 is 1.87 bits per heavy atom. The van der Waals surface area contributed by atoms with Gasteiger partial charge in [0, 0.05) is 24.3 Å². The number of alkyl halides is 2. The minimum atomic E-state index is -2.91. The van der Waals surface area contributed by atoms with Gasteiger partial charge in [0.15, 0.2) is 0 Å². The number of nitrogens with zero attached hydrogens (tertiary/aromatic N) is 1. The molecule has 5 nitrogen and oxygen atoms in total. The maximum absolute atomic E-state index is 14.2. The zero-order valence-electron chi connectivity index (χ0n) is 13.4. The van der Waals surface area contributed by atoms with E-state index in [0.29, 0.717) is 0 Å². The number of carboxylic acid groups (broad SMARTS) is 1. The number of rotatable bonds is 2. The molecule has 1 aliphatic heterocycles. The first-order chi connectivity index (χ1) is 10.5. The van der Waals surface area contributed by atoms with Gasteiger partial charge >= 0.3 is 5.97 Å². The average molecular weight is 328 g/mol. The van der Waals surface area contributed by atoms with E-state index < -0.39 is 59.0 Å². The van der Waals surface area contributed by atoms with Crippen molar-refractivity contribution in [2.75, 3.05) is 6.54 Å². The van der Waals surface area contributed by atoms with Gasteiger partial charge in [0.05, 0.1) is 6.04 Å². The van der Waals surface area contributed by atoms with Gasteiger partial charge in [-0.25, -0.2) is 13.6 Å². The largest absolute Gasteiger partial charge is 0.480 e. The monoisotopic (exact) mass is 328 g/mol. The van der Waals surface area contributed by atoms with Gasteiger partial charge in [0.1, 0.15) is 6.04 Å². The molecule has 6 atom stereocenters. The number of carbonyl (C=O) groups excluding carboxylic acids is 1. The van der Waals surface area contributed by atoms with Crippen LogP contribution in [-0.4, -0.2) is 46.4 Å². The lowest BCUT2D eigenvalue weighted by atomic mass is 9.82. The summed E-state index contributed by atoms with van der Waals surface area (Å²) in [5, 5.41) is 9.56. The summed E-state index contributed by atoms with van der Waals surface area (Å²) in [5.41, 5.74) is 5.45. The SMILES string of the molecule is CC(C)(C)[C@H](N)C(=O)N1C[C@H]2[C@@H]([C@H]1C(=O)O)[C@H]1C=C[C@@H]2C1(F)F. The Morgan fingerprint density at radius 3 is 2.39 bits per heavy atom. The van der Waals surface area contributed by atoms with Gasteiger partial charge in [-0.3, -0.25) is 4.79 Å². The summed E-state index contributed by atoms with van der Waals surface area (Å²) < 4.78 is 28.5. The van der Waals surface area contributed by atoms with Gasteiger partial charge in [-0.1, -0.05) is 32.9 Å². The van der Waals surface area contributed by atoms with E-state index in [-0.39, 0.29) is 6.54 Å². The second kappa shape index (κ2) is 4.75. The van der Waals surface area contributed by atoms with Crippen molar-refractivity contribution in [2.45, 2.75) is 38.8 Å². The number of halogens is 2. The number of aliphatic carboxylic acids is 1. The van der Waals surface area contributed by atoms with Gasteiger partial charge in [-0.15, -0.1) is 0 Å². The molecule has 2 bridgehead atoms. The molecule has 128 valence electrons. The van der Waals surface area contributed by atoms with E-state index in [2.05, 4.69) is 0 Å². The quantitative estimate of drug-likeness (QED) is 0.749. The molecular formula is C16H22F2N2O3. The summed E-state index contributed by atoms with van der Waals surface area (Å²) in [6.07, 6.45) is 2.89. The van der Waals surface area contributed by atoms with Crippen LogP contribution in [0.5, 0.6) is 0 Å². The number of amides is 1. The molecule has 2 aliphatic carbocycles. The number of allylic oxidation sites excluding steroid dienone is 2. The van der Waals surface area contributed by atoms with Crippen LogP contribution in [-0.2, 0) is 9.59 Å². The Kier molecular flexibility index (Phi) is 3.38. The Labute approximate surface area is 133 Å². The molecule has 0 aromatic heterocycles. The van der Waals surface area contributed by atoms with Crippen molar-refractivity contribution in [2.24, 2.45) is 34.8 Å². The Balaban J connectivity index is 1.92. The van der Waals surface area contributed by atoms with Crippen molar-refractivity contribution in [1.29, 1.82) is 0 Å². The molecule has 3 N–H and O–H groups in total. The number of hydrogen-bond donors (Lipinski definition) is 2. The van der Waals surface area contributed by atoms with Crippen molar-refractivity contribution in [3.05, 3.63) is 12.2 Å². The number of fused-ring (bicyclic) bond motifs is 5. The van der Waals surface area contributed by atoms with Crippen molar-refractivity contribution >= 4 is 11.9 Å². The van der Waals surface area contributed by atoms with Crippen molar-refractivity contribution < 1.29 is 23.5 Å². The van der Waals surface area contributed by atoms with Crippen molar-refractivity contribution in [3.8, 4) is 0 Å². The Bertz CT molecular complexity index is 584. The first-order valence-corrected chi connectivity index (χ1v) is 7.83. The lowest BCUT2D eigenvalue weighted by Gasteiger charge is -2.34. The van der Waals surface area contributed by atoms with E-state index in [4.69, 9.17) is 5.73 Å². The van der Waals surface area contributed by atoms with Gasteiger partial charge in [0.25, 0.3) is 5.92 Å². The van der Waals surface area contributed by atoms with Crippen LogP contribution in [0.15, 0.2) is 12.2 Å². The molecule has 1 saturated heterocycles. The average Bonchev–Trinajstić information content (AvgIpc) is 3.00. The lowest BCUT2D eigenvalue weighted by molar-refractivity contribution is -0.152. The third-order valence-electron chi connectivity index (χ3n) is 5.63. The molecule has 0 aromatic carbocycles. The summed E-state index contributed by atoms with van der Waals surface area (Å²) in [4.78, 5) is 25.6. The van der Waals surface area contributed by atoms with Crippen LogP contribution in [0.3, 0.4) is 0 Å². The molecule has 23 heavy (non-hydrogen) atoms. The molecule has 3 aliphatic rings. The Hall–Kier alpha value is -1.50. The smallest absolute Gasteiger partial charge is 0.326 e. The normalized spacial score (nSPS) is 38.7. The van der Waals surface area contributed by atoms with Gasteiger partial charge in [0.2, 0.25) is 5.91 Å². The van der Waals surface area contributed by atoms with Crippen LogP contribution in [0.1, 0.15) is 20.8 Å². The summed E-state index contributed by atoms with van der Waals surface area (Å²) in [7, 11) is 0. The summed E-state index contributed by atoms with van der Waals surface area (Å²) in [6, 6.07) is -2.10. The van der Waals surface area contributed by atoms with E-state index in [0.717, 1.165) is 0 Å². The molecule has 0 aromatic rings. The van der Waals surface area contributed by atoms with Gasteiger partial charge < -0.3 is 15.7 Å². The number of likely N-dealkylation sites (tertiary alicyclic amines) is 1. The van der Waals surface area contributed by atoms with E-state index in [1.54, 1.807) is 20.8 Å². The second-order valence-electron chi connectivity index (χ2n) is 7.97. The Morgan fingerprint density at radius 1 is 1.30 bits per heavy atom. The molecule has 0 radical (unpaired) electrons. The first kappa shape index (κ1) is 16.4. The molecule has 1 amide bonds.